The predicted octanol–water partition coefficient (Wildman–Crippen LogP) is 0.690. The molecular weight excluding hydrogens is 312 g/mol. The van der Waals surface area contributed by atoms with Crippen molar-refractivity contribution in [2.75, 3.05) is 0 Å². The molecule has 0 saturated carbocycles. The van der Waals surface area contributed by atoms with Crippen LogP contribution in [-0.4, -0.2) is 37.7 Å². The van der Waals surface area contributed by atoms with E-state index in [2.05, 4.69) is 20.2 Å². The Morgan fingerprint density at radius 2 is 1.63 bits per heavy atom. The third kappa shape index (κ3) is 11.3. The van der Waals surface area contributed by atoms with Gasteiger partial charge in [0.05, 0.1) is 11.4 Å². The van der Waals surface area contributed by atoms with Crippen LogP contribution in [0.4, 0.5) is 0 Å². The number of rotatable bonds is 6. The monoisotopic (exact) mass is 329 g/mol. The summed E-state index contributed by atoms with van der Waals surface area (Å²) >= 11 is -2.67. The summed E-state index contributed by atoms with van der Waals surface area (Å²) in [4.78, 5) is 0. The van der Waals surface area contributed by atoms with Gasteiger partial charge in [0.25, 0.3) is 0 Å². The van der Waals surface area contributed by atoms with Gasteiger partial charge in [0.2, 0.25) is 8.32 Å². The summed E-state index contributed by atoms with van der Waals surface area (Å²) in [6.07, 6.45) is -1.85. The zero-order valence-electron chi connectivity index (χ0n) is 11.3. The minimum atomic E-state index is -4.11. The molecule has 3 atom stereocenters. The molecule has 19 heavy (non-hydrogen) atoms. The maximum Gasteiger partial charge on any atom is 0.391 e. The quantitative estimate of drug-likeness (QED) is 0.401. The van der Waals surface area contributed by atoms with E-state index in [1.54, 1.807) is 19.6 Å². The molecule has 0 heterocycles. The van der Waals surface area contributed by atoms with Crippen LogP contribution in [-0.2, 0) is 34.0 Å². The number of hydrogen-bond acceptors (Lipinski definition) is 7. The van der Waals surface area contributed by atoms with Gasteiger partial charge in [-0.1, -0.05) is 11.8 Å². The second-order valence-electron chi connectivity index (χ2n) is 4.57. The fourth-order valence-electron chi connectivity index (χ4n) is 0.903. The Hall–Kier alpha value is -0.283. The zero-order valence-corrected chi connectivity index (χ0v) is 14.0. The van der Waals surface area contributed by atoms with E-state index in [0.717, 1.165) is 0 Å². The van der Waals surface area contributed by atoms with Gasteiger partial charge in [-0.15, -0.1) is 0 Å². The highest BCUT2D eigenvalue weighted by Crippen LogP contribution is 2.11. The Morgan fingerprint density at radius 1 is 1.16 bits per heavy atom. The van der Waals surface area contributed by atoms with Crippen LogP contribution < -0.4 is 0 Å². The molecule has 0 aromatic rings. The molecule has 3 unspecified atom stereocenters. The summed E-state index contributed by atoms with van der Waals surface area (Å²) in [5, 5.41) is 0. The van der Waals surface area contributed by atoms with Gasteiger partial charge < -0.3 is 4.55 Å². The average molecular weight is 329 g/mol. The van der Waals surface area contributed by atoms with Crippen LogP contribution in [0, 0.1) is 11.8 Å². The van der Waals surface area contributed by atoms with Gasteiger partial charge in [-0.3, -0.25) is 8.06 Å². The number of hydrogen-bond donors (Lipinski definition) is 0. The van der Waals surface area contributed by atoms with Gasteiger partial charge in [-0.25, -0.2) is 8.39 Å². The first-order valence-electron chi connectivity index (χ1n) is 5.32. The zero-order chi connectivity index (χ0) is 15.3. The molecule has 0 bridgehead atoms. The van der Waals surface area contributed by atoms with Gasteiger partial charge in [0, 0.05) is 0 Å². The molecule has 0 aliphatic rings. The van der Waals surface area contributed by atoms with Crippen LogP contribution in [0.5, 0.6) is 0 Å². The van der Waals surface area contributed by atoms with Crippen LogP contribution >= 0.6 is 0 Å². The molecule has 0 N–H and O–H groups in total. The van der Waals surface area contributed by atoms with Crippen molar-refractivity contribution in [3.05, 3.63) is 0 Å². The Bertz CT molecular complexity index is 471. The molecule has 0 radical (unpaired) electrons. The highest BCUT2D eigenvalue weighted by atomic mass is 32.3. The Kier molecular flexibility index (Phi) is 7.37. The summed E-state index contributed by atoms with van der Waals surface area (Å²) in [5.74, 6) is 4.82. The first-order chi connectivity index (χ1) is 8.41. The molecule has 0 aliphatic heterocycles. The van der Waals surface area contributed by atoms with Crippen molar-refractivity contribution in [3.63, 3.8) is 0 Å². The lowest BCUT2D eigenvalue weighted by atomic mass is 10.3. The summed E-state index contributed by atoms with van der Waals surface area (Å²) in [6.45, 7) is 7.90. The molecular formula is C9H17O7S2Si-. The third-order valence-electron chi connectivity index (χ3n) is 1.33. The van der Waals surface area contributed by atoms with Crippen LogP contribution in [0.2, 0.25) is 19.6 Å². The average Bonchev–Trinajstić information content (AvgIpc) is 2.08. The minimum absolute atomic E-state index is 0.884. The van der Waals surface area contributed by atoms with Gasteiger partial charge in [0.1, 0.15) is 12.2 Å². The van der Waals surface area contributed by atoms with E-state index in [-0.39, 0.29) is 0 Å². The van der Waals surface area contributed by atoms with Crippen LogP contribution in [0.3, 0.4) is 0 Å². The van der Waals surface area contributed by atoms with Crippen molar-refractivity contribution in [3.8, 4) is 11.8 Å². The Balaban J connectivity index is 4.51. The van der Waals surface area contributed by atoms with E-state index in [1.165, 1.54) is 13.8 Å². The lowest BCUT2D eigenvalue weighted by molar-refractivity contribution is 0.241. The first-order valence-corrected chi connectivity index (χ1v) is 11.1. The second kappa shape index (κ2) is 7.49. The molecule has 0 aromatic heterocycles. The molecule has 0 amide bonds. The molecule has 112 valence electrons. The molecule has 10 heteroatoms. The van der Waals surface area contributed by atoms with E-state index >= 15 is 0 Å². The Morgan fingerprint density at radius 3 is 2.05 bits per heavy atom. The topological polar surface area (TPSA) is 102 Å². The van der Waals surface area contributed by atoms with Crippen molar-refractivity contribution < 1.29 is 29.4 Å². The van der Waals surface area contributed by atoms with Crippen molar-refractivity contribution in [2.24, 2.45) is 0 Å². The molecule has 0 fully saturated rings. The van der Waals surface area contributed by atoms with E-state index in [1.807, 2.05) is 0 Å². The molecule has 0 aliphatic carbocycles. The maximum atomic E-state index is 11.5. The normalized spacial score (nSPS) is 17.2. The highest BCUT2D eigenvalue weighted by Gasteiger charge is 2.26. The van der Waals surface area contributed by atoms with Crippen molar-refractivity contribution in [2.45, 2.75) is 45.7 Å². The van der Waals surface area contributed by atoms with Crippen molar-refractivity contribution >= 4 is 30.1 Å². The molecule has 0 saturated heterocycles. The molecule has 7 nitrogen and oxygen atoms in total. The fourth-order valence-corrected chi connectivity index (χ4v) is 4.20. The third-order valence-corrected chi connectivity index (χ3v) is 5.11. The predicted molar refractivity (Wildman–Crippen MR) is 71.1 cm³/mol. The van der Waals surface area contributed by atoms with Crippen LogP contribution in [0.1, 0.15) is 13.8 Å². The first kappa shape index (κ1) is 18.7. The van der Waals surface area contributed by atoms with E-state index in [0.29, 0.717) is 0 Å². The largest absolute Gasteiger partial charge is 0.750 e. The van der Waals surface area contributed by atoms with E-state index < -0.39 is 42.3 Å². The lowest BCUT2D eigenvalue weighted by Crippen LogP contribution is -2.31. The smallest absolute Gasteiger partial charge is 0.391 e. The van der Waals surface area contributed by atoms with E-state index in [4.69, 9.17) is 3.87 Å². The van der Waals surface area contributed by atoms with Gasteiger partial charge in [0.15, 0.2) is 0 Å². The van der Waals surface area contributed by atoms with Crippen molar-refractivity contribution in [1.29, 1.82) is 0 Å². The minimum Gasteiger partial charge on any atom is -0.750 e. The fraction of sp³-hybridized carbons (Fsp3) is 0.778. The molecule has 0 spiro atoms. The van der Waals surface area contributed by atoms with Gasteiger partial charge >= 0.3 is 10.4 Å². The van der Waals surface area contributed by atoms with Gasteiger partial charge in [-0.05, 0) is 33.5 Å². The lowest BCUT2D eigenvalue weighted by Gasteiger charge is -2.17. The second-order valence-corrected chi connectivity index (χ2v) is 11.1. The van der Waals surface area contributed by atoms with Gasteiger partial charge in [-0.2, -0.15) is 8.42 Å². The van der Waals surface area contributed by atoms with Crippen LogP contribution in [0.25, 0.3) is 0 Å². The highest BCUT2D eigenvalue weighted by molar-refractivity contribution is 7.83. The van der Waals surface area contributed by atoms with E-state index in [9.17, 15) is 17.2 Å². The Labute approximate surface area is 117 Å². The van der Waals surface area contributed by atoms with Crippen LogP contribution in [0.15, 0.2) is 0 Å². The summed E-state index contributed by atoms with van der Waals surface area (Å²) in [7, 11) is -6.41. The standard InChI is InChI=1S/C9H18O7S2Si/c1-8(14-17(10)11)6-7-9(2)15-18(12,13)16-19(3,4)5/h8-9H,1-5H3,(H,10,11)/p-1. The summed E-state index contributed by atoms with van der Waals surface area (Å²) in [6, 6.07) is 0. The summed E-state index contributed by atoms with van der Waals surface area (Å²) < 4.78 is 57.2. The van der Waals surface area contributed by atoms with Crippen molar-refractivity contribution in [1.82, 2.24) is 0 Å². The SMILES string of the molecule is CC(C#CC(C)OS(=O)(=O)O[Si](C)(C)C)OS(=O)[O-]. The molecule has 0 rings (SSSR count). The maximum absolute atomic E-state index is 11.5. The summed E-state index contributed by atoms with van der Waals surface area (Å²) in [5.41, 5.74) is 0. The molecule has 0 aromatic carbocycles.